The van der Waals surface area contributed by atoms with Gasteiger partial charge in [-0.05, 0) is 50.4 Å². The third kappa shape index (κ3) is 6.80. The van der Waals surface area contributed by atoms with Gasteiger partial charge in [-0.25, -0.2) is 0 Å². The quantitative estimate of drug-likeness (QED) is 0.611. The van der Waals surface area contributed by atoms with E-state index in [4.69, 9.17) is 0 Å². The average molecular weight is 428 g/mol. The summed E-state index contributed by atoms with van der Waals surface area (Å²) in [5.74, 6) is 1.10. The van der Waals surface area contributed by atoms with Crippen molar-refractivity contribution >= 4 is 11.8 Å². The fraction of sp³-hybridized carbons (Fsp3) is 0.692. The van der Waals surface area contributed by atoms with E-state index in [-0.39, 0.29) is 11.8 Å². The van der Waals surface area contributed by atoms with Crippen molar-refractivity contribution in [1.82, 2.24) is 14.7 Å². The van der Waals surface area contributed by atoms with Gasteiger partial charge in [0.15, 0.2) is 0 Å². The van der Waals surface area contributed by atoms with Crippen LogP contribution in [0.15, 0.2) is 24.3 Å². The Hall–Kier alpha value is -1.88. The number of carbonyl (C=O) groups excluding carboxylic acids is 2. The summed E-state index contributed by atoms with van der Waals surface area (Å²) in [4.78, 5) is 31.8. The molecule has 1 aromatic rings. The summed E-state index contributed by atoms with van der Waals surface area (Å²) < 4.78 is 0. The Labute approximate surface area is 188 Å². The summed E-state index contributed by atoms with van der Waals surface area (Å²) in [6, 6.07) is 8.56. The lowest BCUT2D eigenvalue weighted by Gasteiger charge is -2.35. The molecular formula is C26H41N3O2. The molecule has 1 saturated carbocycles. The molecule has 31 heavy (non-hydrogen) atoms. The zero-order chi connectivity index (χ0) is 22.2. The molecule has 172 valence electrons. The minimum Gasteiger partial charge on any atom is -0.339 e. The maximum absolute atomic E-state index is 12.9. The third-order valence-corrected chi connectivity index (χ3v) is 7.13. The predicted molar refractivity (Wildman–Crippen MR) is 126 cm³/mol. The van der Waals surface area contributed by atoms with E-state index in [2.05, 4.69) is 37.8 Å². The van der Waals surface area contributed by atoms with Gasteiger partial charge in [-0.3, -0.25) is 14.5 Å². The predicted octanol–water partition coefficient (Wildman–Crippen LogP) is 4.56. The van der Waals surface area contributed by atoms with E-state index in [1.165, 1.54) is 37.7 Å². The van der Waals surface area contributed by atoms with E-state index in [9.17, 15) is 9.59 Å². The van der Waals surface area contributed by atoms with Gasteiger partial charge in [0.25, 0.3) is 5.91 Å². The van der Waals surface area contributed by atoms with E-state index in [1.54, 1.807) is 0 Å². The lowest BCUT2D eigenvalue weighted by molar-refractivity contribution is -0.133. The summed E-state index contributed by atoms with van der Waals surface area (Å²) in [5.41, 5.74) is 1.98. The highest BCUT2D eigenvalue weighted by Gasteiger charge is 2.25. The molecule has 0 aromatic heterocycles. The maximum Gasteiger partial charge on any atom is 0.253 e. The third-order valence-electron chi connectivity index (χ3n) is 7.13. The number of carbonyl (C=O) groups is 2. The first kappa shape index (κ1) is 23.8. The van der Waals surface area contributed by atoms with Crippen molar-refractivity contribution in [2.24, 2.45) is 5.92 Å². The number of rotatable bonds is 8. The smallest absolute Gasteiger partial charge is 0.253 e. The molecule has 1 saturated heterocycles. The normalized spacial score (nSPS) is 18.1. The molecule has 1 aliphatic carbocycles. The van der Waals surface area contributed by atoms with Gasteiger partial charge in [-0.1, -0.05) is 51.2 Å². The van der Waals surface area contributed by atoms with E-state index in [0.717, 1.165) is 31.0 Å². The Bertz CT molecular complexity index is 702. The van der Waals surface area contributed by atoms with Crippen LogP contribution in [0.3, 0.4) is 0 Å². The second kappa shape index (κ2) is 11.7. The largest absolute Gasteiger partial charge is 0.339 e. The first-order chi connectivity index (χ1) is 15.0. The number of benzene rings is 1. The molecular weight excluding hydrogens is 386 g/mol. The summed E-state index contributed by atoms with van der Waals surface area (Å²) >= 11 is 0. The van der Waals surface area contributed by atoms with Crippen LogP contribution < -0.4 is 0 Å². The molecule has 0 N–H and O–H groups in total. The molecule has 5 heteroatoms. The van der Waals surface area contributed by atoms with Crippen LogP contribution in [-0.4, -0.2) is 65.3 Å². The topological polar surface area (TPSA) is 43.9 Å². The number of piperazine rings is 1. The Balaban J connectivity index is 1.44. The van der Waals surface area contributed by atoms with Crippen LogP contribution in [0.1, 0.15) is 81.6 Å². The van der Waals surface area contributed by atoms with Gasteiger partial charge in [0.1, 0.15) is 0 Å². The zero-order valence-electron chi connectivity index (χ0n) is 19.8. The summed E-state index contributed by atoms with van der Waals surface area (Å²) in [6.45, 7) is 11.1. The standard InChI is InChI=1S/C26H41N3O2/c1-4-27(21(2)3)20-23-10-13-24(14-11-23)26(31)29-18-16-28(17-19-29)25(30)15-12-22-8-6-5-7-9-22/h10-11,13-14,21-22H,4-9,12,15-20H2,1-3H3. The number of nitrogens with zero attached hydrogens (tertiary/aromatic N) is 3. The Kier molecular flexibility index (Phi) is 8.94. The molecule has 0 unspecified atom stereocenters. The monoisotopic (exact) mass is 427 g/mol. The van der Waals surface area contributed by atoms with Gasteiger partial charge in [-0.15, -0.1) is 0 Å². The van der Waals surface area contributed by atoms with Crippen LogP contribution in [0, 0.1) is 5.92 Å². The van der Waals surface area contributed by atoms with Gasteiger partial charge in [-0.2, -0.15) is 0 Å². The fourth-order valence-corrected chi connectivity index (χ4v) is 4.95. The van der Waals surface area contributed by atoms with Crippen molar-refractivity contribution in [1.29, 1.82) is 0 Å². The lowest BCUT2D eigenvalue weighted by atomic mass is 9.86. The first-order valence-corrected chi connectivity index (χ1v) is 12.4. The van der Waals surface area contributed by atoms with Crippen LogP contribution in [-0.2, 0) is 11.3 Å². The van der Waals surface area contributed by atoms with E-state index >= 15 is 0 Å². The Morgan fingerprint density at radius 3 is 2.16 bits per heavy atom. The molecule has 2 amide bonds. The van der Waals surface area contributed by atoms with Crippen molar-refractivity contribution < 1.29 is 9.59 Å². The van der Waals surface area contributed by atoms with Gasteiger partial charge < -0.3 is 9.80 Å². The molecule has 0 bridgehead atoms. The SMILES string of the molecule is CCN(Cc1ccc(C(=O)N2CCN(C(=O)CCC3CCCCC3)CC2)cc1)C(C)C. The minimum absolute atomic E-state index is 0.0806. The molecule has 0 spiro atoms. The van der Waals surface area contributed by atoms with Gasteiger partial charge in [0.05, 0.1) is 0 Å². The Morgan fingerprint density at radius 1 is 0.968 bits per heavy atom. The summed E-state index contributed by atoms with van der Waals surface area (Å²) in [5, 5.41) is 0. The Morgan fingerprint density at radius 2 is 1.58 bits per heavy atom. The highest BCUT2D eigenvalue weighted by Crippen LogP contribution is 2.27. The number of hydrogen-bond donors (Lipinski definition) is 0. The van der Waals surface area contributed by atoms with Crippen LogP contribution in [0.25, 0.3) is 0 Å². The van der Waals surface area contributed by atoms with E-state index < -0.39 is 0 Å². The van der Waals surface area contributed by atoms with Crippen LogP contribution in [0.2, 0.25) is 0 Å². The van der Waals surface area contributed by atoms with Crippen LogP contribution in [0.5, 0.6) is 0 Å². The van der Waals surface area contributed by atoms with E-state index in [0.29, 0.717) is 38.6 Å². The number of hydrogen-bond acceptors (Lipinski definition) is 3. The van der Waals surface area contributed by atoms with Gasteiger partial charge in [0.2, 0.25) is 5.91 Å². The van der Waals surface area contributed by atoms with Crippen molar-refractivity contribution in [2.75, 3.05) is 32.7 Å². The average Bonchev–Trinajstić information content (AvgIpc) is 2.81. The van der Waals surface area contributed by atoms with Gasteiger partial charge in [0, 0.05) is 50.7 Å². The maximum atomic E-state index is 12.9. The van der Waals surface area contributed by atoms with Crippen molar-refractivity contribution in [3.05, 3.63) is 35.4 Å². The molecule has 1 aromatic carbocycles. The fourth-order valence-electron chi connectivity index (χ4n) is 4.95. The highest BCUT2D eigenvalue weighted by molar-refractivity contribution is 5.94. The second-order valence-electron chi connectivity index (χ2n) is 9.57. The molecule has 2 aliphatic rings. The molecule has 5 nitrogen and oxygen atoms in total. The zero-order valence-corrected chi connectivity index (χ0v) is 19.8. The summed E-state index contributed by atoms with van der Waals surface area (Å²) in [6.07, 6.45) is 8.31. The highest BCUT2D eigenvalue weighted by atomic mass is 16.2. The first-order valence-electron chi connectivity index (χ1n) is 12.4. The molecule has 0 atom stereocenters. The minimum atomic E-state index is 0.0806. The van der Waals surface area contributed by atoms with E-state index in [1.807, 2.05) is 21.9 Å². The molecule has 1 aliphatic heterocycles. The lowest BCUT2D eigenvalue weighted by Crippen LogP contribution is -2.50. The second-order valence-corrected chi connectivity index (χ2v) is 9.57. The molecule has 1 heterocycles. The van der Waals surface area contributed by atoms with Crippen molar-refractivity contribution in [3.63, 3.8) is 0 Å². The van der Waals surface area contributed by atoms with Crippen molar-refractivity contribution in [2.45, 2.75) is 78.3 Å². The number of amides is 2. The van der Waals surface area contributed by atoms with Crippen LogP contribution in [0.4, 0.5) is 0 Å². The molecule has 2 fully saturated rings. The van der Waals surface area contributed by atoms with Gasteiger partial charge >= 0.3 is 0 Å². The molecule has 0 radical (unpaired) electrons. The van der Waals surface area contributed by atoms with Crippen molar-refractivity contribution in [3.8, 4) is 0 Å². The summed E-state index contributed by atoms with van der Waals surface area (Å²) in [7, 11) is 0. The van der Waals surface area contributed by atoms with Crippen LogP contribution >= 0.6 is 0 Å². The molecule has 3 rings (SSSR count).